The maximum absolute atomic E-state index is 12.5. The van der Waals surface area contributed by atoms with Gasteiger partial charge in [0.25, 0.3) is 0 Å². The van der Waals surface area contributed by atoms with Crippen molar-refractivity contribution in [3.05, 3.63) is 59.9 Å². The highest BCUT2D eigenvalue weighted by Gasteiger charge is 2.30. The molecule has 2 aromatic rings. The number of carbonyl (C=O) groups is 1. The molecule has 1 N–H and O–H groups in total. The van der Waals surface area contributed by atoms with E-state index in [-0.39, 0.29) is 11.4 Å². The zero-order valence-electron chi connectivity index (χ0n) is 11.8. The molecule has 3 rings (SSSR count). The maximum atomic E-state index is 12.5. The topological polar surface area (TPSA) is 45.2 Å². The van der Waals surface area contributed by atoms with Gasteiger partial charge in [-0.1, -0.05) is 18.2 Å². The fourth-order valence-corrected chi connectivity index (χ4v) is 3.64. The molecule has 1 aromatic carbocycles. The Morgan fingerprint density at radius 1 is 1.29 bits per heavy atom. The number of carbonyl (C=O) groups excluding carboxylic acids is 1. The van der Waals surface area contributed by atoms with Crippen LogP contribution in [0.2, 0.25) is 0 Å². The second-order valence-electron chi connectivity index (χ2n) is 4.94. The third-order valence-corrected chi connectivity index (χ3v) is 4.79. The minimum Gasteiger partial charge on any atom is -0.308 e. The van der Waals surface area contributed by atoms with Crippen LogP contribution in [-0.2, 0) is 0 Å². The number of thioether (sulfide) groups is 1. The number of hydrogen-bond donors (Lipinski definition) is 1. The molecule has 4 nitrogen and oxygen atoms in total. The van der Waals surface area contributed by atoms with Gasteiger partial charge in [0.05, 0.1) is 0 Å². The minimum absolute atomic E-state index is 0.0453. The molecular formula is C16H17N3OS. The molecule has 1 saturated heterocycles. The Labute approximate surface area is 128 Å². The maximum Gasteiger partial charge on any atom is 0.323 e. The zero-order valence-corrected chi connectivity index (χ0v) is 12.6. The van der Waals surface area contributed by atoms with Crippen LogP contribution in [0.25, 0.3) is 0 Å². The van der Waals surface area contributed by atoms with Crippen LogP contribution in [0.4, 0.5) is 10.5 Å². The smallest absolute Gasteiger partial charge is 0.308 e. The zero-order chi connectivity index (χ0) is 14.7. The highest BCUT2D eigenvalue weighted by molar-refractivity contribution is 7.99. The number of nitrogens with one attached hydrogen (secondary N) is 1. The molecule has 108 valence electrons. The SMILES string of the molecule is Cc1ccccc1NC(=O)N1CCSC1c1ccncc1. The van der Waals surface area contributed by atoms with Gasteiger partial charge in [0.2, 0.25) is 0 Å². The largest absolute Gasteiger partial charge is 0.323 e. The van der Waals surface area contributed by atoms with Crippen LogP contribution in [0.3, 0.4) is 0 Å². The summed E-state index contributed by atoms with van der Waals surface area (Å²) in [4.78, 5) is 18.5. The molecule has 2 heterocycles. The fourth-order valence-electron chi connectivity index (χ4n) is 2.38. The Hall–Kier alpha value is -2.01. The van der Waals surface area contributed by atoms with E-state index in [0.717, 1.165) is 29.1 Å². The van der Waals surface area contributed by atoms with Gasteiger partial charge in [-0.2, -0.15) is 0 Å². The van der Waals surface area contributed by atoms with Crippen molar-refractivity contribution in [1.29, 1.82) is 0 Å². The van der Waals surface area contributed by atoms with Gasteiger partial charge in [-0.15, -0.1) is 11.8 Å². The predicted octanol–water partition coefficient (Wildman–Crippen LogP) is 3.67. The lowest BCUT2D eigenvalue weighted by Gasteiger charge is -2.24. The van der Waals surface area contributed by atoms with E-state index in [0.29, 0.717) is 0 Å². The molecule has 1 aliphatic heterocycles. The molecule has 21 heavy (non-hydrogen) atoms. The van der Waals surface area contributed by atoms with Crippen LogP contribution in [0.5, 0.6) is 0 Å². The molecule has 0 saturated carbocycles. The van der Waals surface area contributed by atoms with E-state index >= 15 is 0 Å². The van der Waals surface area contributed by atoms with Crippen LogP contribution < -0.4 is 5.32 Å². The van der Waals surface area contributed by atoms with Gasteiger partial charge in [-0.05, 0) is 36.2 Å². The molecule has 1 aromatic heterocycles. The first-order valence-electron chi connectivity index (χ1n) is 6.90. The second kappa shape index (κ2) is 6.18. The number of hydrogen-bond acceptors (Lipinski definition) is 3. The van der Waals surface area contributed by atoms with Crippen LogP contribution in [0, 0.1) is 6.92 Å². The van der Waals surface area contributed by atoms with E-state index < -0.39 is 0 Å². The average molecular weight is 299 g/mol. The highest BCUT2D eigenvalue weighted by Crippen LogP contribution is 2.37. The van der Waals surface area contributed by atoms with Gasteiger partial charge in [-0.3, -0.25) is 4.98 Å². The predicted molar refractivity (Wildman–Crippen MR) is 86.3 cm³/mol. The number of urea groups is 1. The monoisotopic (exact) mass is 299 g/mol. The average Bonchev–Trinajstić information content (AvgIpc) is 3.00. The van der Waals surface area contributed by atoms with Crippen LogP contribution in [0.15, 0.2) is 48.8 Å². The van der Waals surface area contributed by atoms with Gasteiger partial charge < -0.3 is 10.2 Å². The molecule has 2 amide bonds. The van der Waals surface area contributed by atoms with E-state index in [1.807, 2.05) is 48.2 Å². The summed E-state index contributed by atoms with van der Waals surface area (Å²) in [5.74, 6) is 0.953. The summed E-state index contributed by atoms with van der Waals surface area (Å²) in [7, 11) is 0. The van der Waals surface area contributed by atoms with Crippen LogP contribution in [0.1, 0.15) is 16.5 Å². The first kappa shape index (κ1) is 13.9. The molecule has 1 unspecified atom stereocenters. The molecular weight excluding hydrogens is 282 g/mol. The summed E-state index contributed by atoms with van der Waals surface area (Å²) >= 11 is 1.78. The standard InChI is InChI=1S/C16H17N3OS/c1-12-4-2-3-5-14(12)18-16(20)19-10-11-21-15(19)13-6-8-17-9-7-13/h2-9,15H,10-11H2,1H3,(H,18,20). The summed E-state index contributed by atoms with van der Waals surface area (Å²) in [5, 5.41) is 3.08. The van der Waals surface area contributed by atoms with E-state index in [4.69, 9.17) is 0 Å². The minimum atomic E-state index is -0.0453. The number of nitrogens with zero attached hydrogens (tertiary/aromatic N) is 2. The molecule has 0 spiro atoms. The Morgan fingerprint density at radius 3 is 2.81 bits per heavy atom. The summed E-state index contributed by atoms with van der Waals surface area (Å²) in [6, 6.07) is 11.7. The number of aromatic nitrogens is 1. The summed E-state index contributed by atoms with van der Waals surface area (Å²) in [5.41, 5.74) is 3.05. The number of benzene rings is 1. The molecule has 5 heteroatoms. The van der Waals surface area contributed by atoms with Crippen molar-refractivity contribution in [2.24, 2.45) is 0 Å². The second-order valence-corrected chi connectivity index (χ2v) is 6.13. The number of anilines is 1. The Morgan fingerprint density at radius 2 is 2.05 bits per heavy atom. The van der Waals surface area contributed by atoms with Gasteiger partial charge in [0, 0.05) is 30.4 Å². The molecule has 0 bridgehead atoms. The Balaban J connectivity index is 1.76. The normalized spacial score (nSPS) is 17.8. The number of amides is 2. The van der Waals surface area contributed by atoms with Crippen molar-refractivity contribution >= 4 is 23.5 Å². The molecule has 1 fully saturated rings. The van der Waals surface area contributed by atoms with Crippen molar-refractivity contribution in [2.45, 2.75) is 12.3 Å². The first-order chi connectivity index (χ1) is 10.3. The van der Waals surface area contributed by atoms with Gasteiger partial charge in [0.1, 0.15) is 5.37 Å². The molecule has 0 radical (unpaired) electrons. The first-order valence-corrected chi connectivity index (χ1v) is 7.95. The lowest BCUT2D eigenvalue weighted by atomic mass is 10.2. The van der Waals surface area contributed by atoms with Gasteiger partial charge in [-0.25, -0.2) is 4.79 Å². The van der Waals surface area contributed by atoms with E-state index in [2.05, 4.69) is 10.3 Å². The quantitative estimate of drug-likeness (QED) is 0.920. The number of para-hydroxylation sites is 1. The molecule has 1 atom stereocenters. The van der Waals surface area contributed by atoms with Crippen molar-refractivity contribution in [1.82, 2.24) is 9.88 Å². The van der Waals surface area contributed by atoms with Crippen LogP contribution >= 0.6 is 11.8 Å². The van der Waals surface area contributed by atoms with E-state index in [1.165, 1.54) is 0 Å². The van der Waals surface area contributed by atoms with Crippen molar-refractivity contribution in [2.75, 3.05) is 17.6 Å². The Kier molecular flexibility index (Phi) is 4.10. The van der Waals surface area contributed by atoms with Crippen LogP contribution in [-0.4, -0.2) is 28.2 Å². The number of aryl methyl sites for hydroxylation is 1. The highest BCUT2D eigenvalue weighted by atomic mass is 32.2. The number of rotatable bonds is 2. The van der Waals surface area contributed by atoms with Crippen molar-refractivity contribution < 1.29 is 4.79 Å². The van der Waals surface area contributed by atoms with Crippen molar-refractivity contribution in [3.63, 3.8) is 0 Å². The summed E-state index contributed by atoms with van der Waals surface area (Å²) < 4.78 is 0. The van der Waals surface area contributed by atoms with E-state index in [9.17, 15) is 4.79 Å². The molecule has 0 aliphatic carbocycles. The van der Waals surface area contributed by atoms with E-state index in [1.54, 1.807) is 24.2 Å². The lowest BCUT2D eigenvalue weighted by Crippen LogP contribution is -2.34. The summed E-state index contributed by atoms with van der Waals surface area (Å²) in [6.45, 7) is 2.75. The fraction of sp³-hybridized carbons (Fsp3) is 0.250. The lowest BCUT2D eigenvalue weighted by molar-refractivity contribution is 0.214. The summed E-state index contributed by atoms with van der Waals surface area (Å²) in [6.07, 6.45) is 3.54. The third kappa shape index (κ3) is 3.03. The van der Waals surface area contributed by atoms with Crippen molar-refractivity contribution in [3.8, 4) is 0 Å². The third-order valence-electron chi connectivity index (χ3n) is 3.53. The van der Waals surface area contributed by atoms with Gasteiger partial charge in [0.15, 0.2) is 0 Å². The number of pyridine rings is 1. The van der Waals surface area contributed by atoms with Gasteiger partial charge >= 0.3 is 6.03 Å². The molecule has 1 aliphatic rings. The Bertz CT molecular complexity index is 632.